The normalized spacial score (nSPS) is 14.6. The molecule has 0 bridgehead atoms. The Balaban J connectivity index is 1.12. The minimum Gasteiger partial charge on any atom is -0.494 e. The van der Waals surface area contributed by atoms with Gasteiger partial charge in [-0.25, -0.2) is 4.79 Å². The summed E-state index contributed by atoms with van der Waals surface area (Å²) >= 11 is 0. The van der Waals surface area contributed by atoms with Gasteiger partial charge in [0.2, 0.25) is 0 Å². The predicted octanol–water partition coefficient (Wildman–Crippen LogP) is 4.51. The van der Waals surface area contributed by atoms with Crippen molar-refractivity contribution in [3.8, 4) is 5.75 Å². The molecule has 1 aliphatic heterocycles. The number of para-hydroxylation sites is 1. The molecule has 0 aliphatic carbocycles. The summed E-state index contributed by atoms with van der Waals surface area (Å²) < 4.78 is 10.3. The second kappa shape index (κ2) is 11.0. The Labute approximate surface area is 216 Å². The lowest BCUT2D eigenvalue weighted by molar-refractivity contribution is 0.0600. The largest absolute Gasteiger partial charge is 0.494 e. The monoisotopic (exact) mass is 500 g/mol. The number of fused-ring (bicyclic) bond motifs is 2. The molecule has 0 radical (unpaired) electrons. The van der Waals surface area contributed by atoms with E-state index in [-0.39, 0.29) is 11.9 Å². The number of aromatic nitrogens is 2. The first-order valence-corrected chi connectivity index (χ1v) is 12.7. The van der Waals surface area contributed by atoms with Gasteiger partial charge in [0.05, 0.1) is 25.3 Å². The molecule has 1 fully saturated rings. The molecule has 2 aromatic carbocycles. The van der Waals surface area contributed by atoms with Crippen LogP contribution in [0.5, 0.6) is 5.75 Å². The molecule has 0 unspecified atom stereocenters. The molecule has 2 aromatic heterocycles. The van der Waals surface area contributed by atoms with E-state index in [1.807, 2.05) is 30.3 Å². The average Bonchev–Trinajstić information content (AvgIpc) is 3.37. The maximum Gasteiger partial charge on any atom is 0.337 e. The third kappa shape index (κ3) is 5.15. The minimum atomic E-state index is -0.312. The number of rotatable bonds is 8. The Hall–Kier alpha value is -3.91. The van der Waals surface area contributed by atoms with E-state index >= 15 is 0 Å². The maximum atomic E-state index is 12.9. The highest BCUT2D eigenvalue weighted by Crippen LogP contribution is 2.34. The van der Waals surface area contributed by atoms with Gasteiger partial charge in [-0.05, 0) is 80.7 Å². The lowest BCUT2D eigenvalue weighted by Crippen LogP contribution is -2.35. The summed E-state index contributed by atoms with van der Waals surface area (Å²) in [6.07, 6.45) is 6.74. The van der Waals surface area contributed by atoms with E-state index in [0.717, 1.165) is 55.2 Å². The second-order valence-electron chi connectivity index (χ2n) is 9.44. The Bertz CT molecular complexity index is 1420. The zero-order valence-corrected chi connectivity index (χ0v) is 21.3. The van der Waals surface area contributed by atoms with Gasteiger partial charge in [0, 0.05) is 35.2 Å². The smallest absolute Gasteiger partial charge is 0.337 e. The summed E-state index contributed by atoms with van der Waals surface area (Å²) in [5.41, 5.74) is 4.19. The van der Waals surface area contributed by atoms with Crippen LogP contribution in [0.25, 0.3) is 21.8 Å². The number of amides is 1. The minimum absolute atomic E-state index is 0.0926. The molecular weight excluding hydrogens is 468 g/mol. The summed E-state index contributed by atoms with van der Waals surface area (Å²) in [4.78, 5) is 35.0. The summed E-state index contributed by atoms with van der Waals surface area (Å²) in [5, 5.41) is 4.95. The number of nitrogens with one attached hydrogen (secondary N) is 2. The van der Waals surface area contributed by atoms with E-state index < -0.39 is 0 Å². The van der Waals surface area contributed by atoms with Crippen LogP contribution in [0.15, 0.2) is 54.9 Å². The molecule has 8 heteroatoms. The van der Waals surface area contributed by atoms with Crippen LogP contribution in [-0.4, -0.2) is 67.1 Å². The highest BCUT2D eigenvalue weighted by atomic mass is 16.5. The number of ether oxygens (including phenoxy) is 2. The number of likely N-dealkylation sites (tertiary alicyclic amines) is 1. The molecule has 8 nitrogen and oxygen atoms in total. The van der Waals surface area contributed by atoms with Gasteiger partial charge in [0.1, 0.15) is 11.3 Å². The maximum absolute atomic E-state index is 12.9. The van der Waals surface area contributed by atoms with Crippen molar-refractivity contribution in [2.24, 2.45) is 0 Å². The molecule has 3 heterocycles. The number of nitrogens with zero attached hydrogens (tertiary/aromatic N) is 2. The molecule has 192 valence electrons. The lowest BCUT2D eigenvalue weighted by atomic mass is 9.89. The summed E-state index contributed by atoms with van der Waals surface area (Å²) in [6, 6.07) is 13.0. The van der Waals surface area contributed by atoms with E-state index in [1.165, 1.54) is 12.7 Å². The Morgan fingerprint density at radius 2 is 1.95 bits per heavy atom. The molecule has 5 rings (SSSR count). The van der Waals surface area contributed by atoms with Crippen molar-refractivity contribution in [3.63, 3.8) is 0 Å². The summed E-state index contributed by atoms with van der Waals surface area (Å²) in [6.45, 7) is 3.58. The first-order valence-electron chi connectivity index (χ1n) is 12.7. The Kier molecular flexibility index (Phi) is 7.37. The number of aromatic amines is 1. The fraction of sp³-hybridized carbons (Fsp3) is 0.345. The van der Waals surface area contributed by atoms with Gasteiger partial charge in [0.25, 0.3) is 5.91 Å². The van der Waals surface area contributed by atoms with E-state index in [9.17, 15) is 9.59 Å². The molecule has 0 spiro atoms. The van der Waals surface area contributed by atoms with Gasteiger partial charge in [-0.1, -0.05) is 12.1 Å². The van der Waals surface area contributed by atoms with Crippen LogP contribution >= 0.6 is 0 Å². The van der Waals surface area contributed by atoms with Crippen LogP contribution in [0.2, 0.25) is 0 Å². The van der Waals surface area contributed by atoms with Crippen LogP contribution in [0.4, 0.5) is 0 Å². The average molecular weight is 501 g/mol. The van der Waals surface area contributed by atoms with E-state index in [1.54, 1.807) is 25.4 Å². The Morgan fingerprint density at radius 3 is 2.73 bits per heavy atom. The number of hydrogen-bond acceptors (Lipinski definition) is 6. The van der Waals surface area contributed by atoms with Crippen molar-refractivity contribution in [3.05, 3.63) is 71.5 Å². The first-order chi connectivity index (χ1) is 18.1. The molecule has 37 heavy (non-hydrogen) atoms. The van der Waals surface area contributed by atoms with Crippen molar-refractivity contribution < 1.29 is 19.1 Å². The molecule has 1 saturated heterocycles. The number of carbonyl (C=O) groups excluding carboxylic acids is 2. The van der Waals surface area contributed by atoms with Crippen LogP contribution in [0, 0.1) is 0 Å². The molecule has 1 amide bonds. The van der Waals surface area contributed by atoms with Crippen molar-refractivity contribution in [1.82, 2.24) is 20.2 Å². The van der Waals surface area contributed by atoms with Gasteiger partial charge in [-0.2, -0.15) is 0 Å². The first kappa shape index (κ1) is 24.8. The number of hydrogen-bond donors (Lipinski definition) is 2. The number of pyridine rings is 1. The molecule has 0 atom stereocenters. The number of carbonyl (C=O) groups is 2. The Morgan fingerprint density at radius 1 is 1.11 bits per heavy atom. The summed E-state index contributed by atoms with van der Waals surface area (Å²) in [7, 11) is 3.01. The van der Waals surface area contributed by atoms with Gasteiger partial charge in [-0.3, -0.25) is 9.78 Å². The molecule has 1 aliphatic rings. The third-order valence-corrected chi connectivity index (χ3v) is 7.30. The highest BCUT2D eigenvalue weighted by molar-refractivity contribution is 6.07. The second-order valence-corrected chi connectivity index (χ2v) is 9.44. The fourth-order valence-corrected chi connectivity index (χ4v) is 5.30. The quantitative estimate of drug-likeness (QED) is 0.273. The zero-order chi connectivity index (χ0) is 25.8. The van der Waals surface area contributed by atoms with Crippen LogP contribution in [0.3, 0.4) is 0 Å². The molecule has 4 aromatic rings. The standard InChI is InChI=1S/C29H32N4O4/c1-36-26-6-3-5-21-22(9-13-30-27(21)26)28(34)31-12-4-14-33-15-10-19(11-16-33)24-18-32-25-8-7-20(17-23(24)25)29(35)37-2/h3,5-9,13,17-19,32H,4,10-12,14-16H2,1-2H3,(H,31,34). The molecule has 2 N–H and O–H groups in total. The van der Waals surface area contributed by atoms with Gasteiger partial charge in [0.15, 0.2) is 0 Å². The third-order valence-electron chi connectivity index (χ3n) is 7.30. The van der Waals surface area contributed by atoms with Crippen LogP contribution in [-0.2, 0) is 4.74 Å². The number of piperidine rings is 1. The number of H-pyrrole nitrogens is 1. The fourth-order valence-electron chi connectivity index (χ4n) is 5.30. The van der Waals surface area contributed by atoms with Crippen LogP contribution < -0.4 is 10.1 Å². The van der Waals surface area contributed by atoms with Gasteiger partial charge in [-0.15, -0.1) is 0 Å². The molecular formula is C29H32N4O4. The molecule has 0 saturated carbocycles. The van der Waals surface area contributed by atoms with Crippen molar-refractivity contribution in [2.75, 3.05) is 40.4 Å². The highest BCUT2D eigenvalue weighted by Gasteiger charge is 2.23. The summed E-state index contributed by atoms with van der Waals surface area (Å²) in [5.74, 6) is 0.708. The number of benzene rings is 2. The number of methoxy groups -OCH3 is 2. The predicted molar refractivity (Wildman–Crippen MR) is 143 cm³/mol. The topological polar surface area (TPSA) is 96.6 Å². The van der Waals surface area contributed by atoms with Gasteiger partial charge < -0.3 is 24.7 Å². The zero-order valence-electron chi connectivity index (χ0n) is 21.3. The van der Waals surface area contributed by atoms with E-state index in [0.29, 0.717) is 34.9 Å². The van der Waals surface area contributed by atoms with Crippen molar-refractivity contribution in [1.29, 1.82) is 0 Å². The van der Waals surface area contributed by atoms with Crippen molar-refractivity contribution in [2.45, 2.75) is 25.2 Å². The lowest BCUT2D eigenvalue weighted by Gasteiger charge is -2.32. The van der Waals surface area contributed by atoms with Gasteiger partial charge >= 0.3 is 5.97 Å². The van der Waals surface area contributed by atoms with Crippen molar-refractivity contribution >= 4 is 33.7 Å². The number of esters is 1. The van der Waals surface area contributed by atoms with E-state index in [2.05, 4.69) is 26.4 Å². The van der Waals surface area contributed by atoms with Crippen LogP contribution in [0.1, 0.15) is 51.5 Å². The SMILES string of the molecule is COC(=O)c1ccc2[nH]cc(C3CCN(CCCNC(=O)c4ccnc5c(OC)cccc45)CC3)c2c1. The van der Waals surface area contributed by atoms with E-state index in [4.69, 9.17) is 9.47 Å².